The molecule has 1 unspecified atom stereocenters. The third kappa shape index (κ3) is 3.22. The molecule has 1 atom stereocenters. The van der Waals surface area contributed by atoms with Gasteiger partial charge in [0.2, 0.25) is 0 Å². The molecular formula is C15H23N3OS. The van der Waals surface area contributed by atoms with Crippen molar-refractivity contribution < 1.29 is 4.74 Å². The second-order valence-corrected chi connectivity index (χ2v) is 5.67. The van der Waals surface area contributed by atoms with Gasteiger partial charge in [0.05, 0.1) is 12.8 Å². The number of nitrogens with zero attached hydrogens (tertiary/aromatic N) is 2. The quantitative estimate of drug-likeness (QED) is 0.853. The SMILES string of the molecule is CCc1cc(CC(NC)c2cc(OC)cs2)n(CC)n1. The van der Waals surface area contributed by atoms with Gasteiger partial charge in [-0.15, -0.1) is 11.3 Å². The summed E-state index contributed by atoms with van der Waals surface area (Å²) < 4.78 is 7.38. The van der Waals surface area contributed by atoms with Gasteiger partial charge in [-0.1, -0.05) is 6.92 Å². The molecule has 0 radical (unpaired) electrons. The fraction of sp³-hybridized carbons (Fsp3) is 0.533. The second-order valence-electron chi connectivity index (χ2n) is 4.73. The highest BCUT2D eigenvalue weighted by Gasteiger charge is 2.16. The van der Waals surface area contributed by atoms with Gasteiger partial charge in [-0.25, -0.2) is 0 Å². The van der Waals surface area contributed by atoms with Crippen LogP contribution in [0, 0.1) is 0 Å². The summed E-state index contributed by atoms with van der Waals surface area (Å²) in [5, 5.41) is 10.1. The van der Waals surface area contributed by atoms with Gasteiger partial charge in [-0.2, -0.15) is 5.10 Å². The van der Waals surface area contributed by atoms with Crippen LogP contribution >= 0.6 is 11.3 Å². The Labute approximate surface area is 124 Å². The zero-order valence-electron chi connectivity index (χ0n) is 12.6. The fourth-order valence-electron chi connectivity index (χ4n) is 2.30. The van der Waals surface area contributed by atoms with Gasteiger partial charge >= 0.3 is 0 Å². The lowest BCUT2D eigenvalue weighted by Crippen LogP contribution is -2.19. The van der Waals surface area contributed by atoms with E-state index >= 15 is 0 Å². The fourth-order valence-corrected chi connectivity index (χ4v) is 3.27. The van der Waals surface area contributed by atoms with Crippen LogP contribution in [-0.2, 0) is 19.4 Å². The number of likely N-dealkylation sites (N-methyl/N-ethyl adjacent to an activating group) is 1. The van der Waals surface area contributed by atoms with E-state index in [0.717, 1.165) is 25.1 Å². The maximum absolute atomic E-state index is 5.27. The van der Waals surface area contributed by atoms with Crippen LogP contribution in [0.25, 0.3) is 0 Å². The lowest BCUT2D eigenvalue weighted by atomic mass is 10.1. The predicted octanol–water partition coefficient (Wildman–Crippen LogP) is 3.04. The van der Waals surface area contributed by atoms with E-state index in [1.54, 1.807) is 18.4 Å². The zero-order chi connectivity index (χ0) is 14.5. The third-order valence-electron chi connectivity index (χ3n) is 3.51. The third-order valence-corrected chi connectivity index (χ3v) is 4.54. The Hall–Kier alpha value is -1.33. The predicted molar refractivity (Wildman–Crippen MR) is 83.7 cm³/mol. The van der Waals surface area contributed by atoms with Crippen LogP contribution in [0.5, 0.6) is 5.75 Å². The van der Waals surface area contributed by atoms with E-state index in [9.17, 15) is 0 Å². The number of ether oxygens (including phenoxy) is 1. The van der Waals surface area contributed by atoms with E-state index in [1.165, 1.54) is 16.3 Å². The van der Waals surface area contributed by atoms with E-state index in [4.69, 9.17) is 4.74 Å². The Morgan fingerprint density at radius 3 is 2.75 bits per heavy atom. The molecule has 0 aliphatic heterocycles. The highest BCUT2D eigenvalue weighted by atomic mass is 32.1. The molecule has 0 aliphatic carbocycles. The molecule has 0 amide bonds. The highest BCUT2D eigenvalue weighted by Crippen LogP contribution is 2.29. The molecule has 0 bridgehead atoms. The van der Waals surface area contributed by atoms with Gasteiger partial charge in [-0.05, 0) is 32.5 Å². The zero-order valence-corrected chi connectivity index (χ0v) is 13.5. The minimum atomic E-state index is 0.301. The molecule has 0 saturated carbocycles. The largest absolute Gasteiger partial charge is 0.496 e. The Morgan fingerprint density at radius 1 is 1.40 bits per heavy atom. The maximum Gasteiger partial charge on any atom is 0.129 e. The lowest BCUT2D eigenvalue weighted by molar-refractivity contribution is 0.416. The van der Waals surface area contributed by atoms with Crippen molar-refractivity contribution in [2.24, 2.45) is 0 Å². The van der Waals surface area contributed by atoms with Crippen molar-refractivity contribution in [1.29, 1.82) is 0 Å². The minimum absolute atomic E-state index is 0.301. The normalized spacial score (nSPS) is 12.6. The summed E-state index contributed by atoms with van der Waals surface area (Å²) in [5.41, 5.74) is 2.46. The summed E-state index contributed by atoms with van der Waals surface area (Å²) in [6.45, 7) is 5.20. The van der Waals surface area contributed by atoms with Crippen molar-refractivity contribution in [3.05, 3.63) is 33.8 Å². The molecule has 2 heterocycles. The van der Waals surface area contributed by atoms with Crippen LogP contribution in [0.15, 0.2) is 17.5 Å². The van der Waals surface area contributed by atoms with Crippen LogP contribution in [0.4, 0.5) is 0 Å². The molecule has 20 heavy (non-hydrogen) atoms. The van der Waals surface area contributed by atoms with Crippen molar-refractivity contribution in [2.45, 2.75) is 39.3 Å². The molecule has 4 nitrogen and oxygen atoms in total. The standard InChI is InChI=1S/C15H23N3OS/c1-5-11-7-12(18(6-2)17-11)8-14(16-3)15-9-13(19-4)10-20-15/h7,9-10,14,16H,5-6,8H2,1-4H3. The molecule has 0 fully saturated rings. The summed E-state index contributed by atoms with van der Waals surface area (Å²) in [6.07, 6.45) is 1.93. The van der Waals surface area contributed by atoms with Crippen LogP contribution < -0.4 is 10.1 Å². The minimum Gasteiger partial charge on any atom is -0.496 e. The van der Waals surface area contributed by atoms with Crippen molar-refractivity contribution in [1.82, 2.24) is 15.1 Å². The smallest absolute Gasteiger partial charge is 0.129 e. The number of thiophene rings is 1. The molecule has 110 valence electrons. The molecule has 2 rings (SSSR count). The summed E-state index contributed by atoms with van der Waals surface area (Å²) in [6, 6.07) is 4.63. The second kappa shape index (κ2) is 6.90. The average Bonchev–Trinajstić information content (AvgIpc) is 3.10. The summed E-state index contributed by atoms with van der Waals surface area (Å²) in [4.78, 5) is 1.30. The number of methoxy groups -OCH3 is 1. The first-order valence-electron chi connectivity index (χ1n) is 7.07. The number of aryl methyl sites for hydroxylation is 2. The molecular weight excluding hydrogens is 270 g/mol. The first-order valence-corrected chi connectivity index (χ1v) is 7.95. The average molecular weight is 293 g/mol. The Kier molecular flexibility index (Phi) is 5.20. The van der Waals surface area contributed by atoms with Gasteiger partial charge in [0, 0.05) is 35.0 Å². The molecule has 5 heteroatoms. The van der Waals surface area contributed by atoms with E-state index < -0.39 is 0 Å². The van der Waals surface area contributed by atoms with Crippen molar-refractivity contribution in [3.63, 3.8) is 0 Å². The molecule has 1 N–H and O–H groups in total. The Morgan fingerprint density at radius 2 is 2.20 bits per heavy atom. The monoisotopic (exact) mass is 293 g/mol. The molecule has 0 saturated heterocycles. The van der Waals surface area contributed by atoms with Crippen LogP contribution in [0.2, 0.25) is 0 Å². The van der Waals surface area contributed by atoms with Gasteiger partial charge in [0.1, 0.15) is 5.75 Å². The van der Waals surface area contributed by atoms with Crippen molar-refractivity contribution in [2.75, 3.05) is 14.2 Å². The molecule has 2 aromatic heterocycles. The van der Waals surface area contributed by atoms with Crippen LogP contribution in [-0.4, -0.2) is 23.9 Å². The molecule has 0 spiro atoms. The number of aromatic nitrogens is 2. The van der Waals surface area contributed by atoms with Crippen molar-refractivity contribution in [3.8, 4) is 5.75 Å². The van der Waals surface area contributed by atoms with E-state index in [-0.39, 0.29) is 0 Å². The van der Waals surface area contributed by atoms with E-state index in [2.05, 4.69) is 41.1 Å². The summed E-state index contributed by atoms with van der Waals surface area (Å²) in [7, 11) is 3.71. The van der Waals surface area contributed by atoms with Gasteiger partial charge in [0.25, 0.3) is 0 Å². The number of hydrogen-bond donors (Lipinski definition) is 1. The number of hydrogen-bond acceptors (Lipinski definition) is 4. The van der Waals surface area contributed by atoms with Crippen LogP contribution in [0.3, 0.4) is 0 Å². The van der Waals surface area contributed by atoms with E-state index in [0.29, 0.717) is 6.04 Å². The first kappa shape index (κ1) is 15.1. The van der Waals surface area contributed by atoms with Gasteiger partial charge in [-0.3, -0.25) is 4.68 Å². The summed E-state index contributed by atoms with van der Waals surface area (Å²) in [5.74, 6) is 0.934. The number of rotatable bonds is 7. The Balaban J connectivity index is 2.19. The van der Waals surface area contributed by atoms with Crippen molar-refractivity contribution >= 4 is 11.3 Å². The topological polar surface area (TPSA) is 39.1 Å². The van der Waals surface area contributed by atoms with E-state index in [1.807, 2.05) is 12.4 Å². The first-order chi connectivity index (χ1) is 9.71. The molecule has 2 aromatic rings. The lowest BCUT2D eigenvalue weighted by Gasteiger charge is -2.15. The summed E-state index contributed by atoms with van der Waals surface area (Å²) >= 11 is 1.73. The van der Waals surface area contributed by atoms with Gasteiger partial charge < -0.3 is 10.1 Å². The molecule has 0 aliphatic rings. The van der Waals surface area contributed by atoms with Crippen LogP contribution in [0.1, 0.15) is 36.2 Å². The maximum atomic E-state index is 5.27. The van der Waals surface area contributed by atoms with Gasteiger partial charge in [0.15, 0.2) is 0 Å². The Bertz CT molecular complexity index is 547. The number of nitrogens with one attached hydrogen (secondary N) is 1. The molecule has 0 aromatic carbocycles. The highest BCUT2D eigenvalue weighted by molar-refractivity contribution is 7.10.